The number of rotatable bonds is 4. The molecule has 0 aromatic heterocycles. The minimum atomic E-state index is -4.41. The maximum Gasteiger partial charge on any atom is 0.446 e. The molecule has 0 heterocycles. The van der Waals surface area contributed by atoms with Crippen LogP contribution in [0.25, 0.3) is 0 Å². The number of halogens is 3. The Hall–Kier alpha value is -1.90. The predicted octanol–water partition coefficient (Wildman–Crippen LogP) is 2.17. The number of anilines is 1. The lowest BCUT2D eigenvalue weighted by Crippen LogP contribution is -2.40. The molecule has 0 aliphatic carbocycles. The van der Waals surface area contributed by atoms with E-state index in [0.717, 1.165) is 0 Å². The molecule has 0 aliphatic rings. The van der Waals surface area contributed by atoms with Crippen molar-refractivity contribution < 1.29 is 22.8 Å². The molecule has 0 radical (unpaired) electrons. The molecule has 1 rings (SSSR count). The summed E-state index contributed by atoms with van der Waals surface area (Å²) in [7, 11) is 1.34. The van der Waals surface area contributed by atoms with Gasteiger partial charge in [-0.15, -0.1) is 0 Å². The van der Waals surface area contributed by atoms with Crippen LogP contribution < -0.4 is 16.0 Å². The van der Waals surface area contributed by atoms with Crippen LogP contribution in [0.5, 0.6) is 0 Å². The molecular weight excluding hydrogens is 295 g/mol. The number of amides is 3. The van der Waals surface area contributed by atoms with E-state index in [1.165, 1.54) is 25.2 Å². The molecule has 0 fully saturated rings. The maximum atomic E-state index is 12.3. The largest absolute Gasteiger partial charge is 0.446 e. The molecule has 1 aromatic rings. The summed E-state index contributed by atoms with van der Waals surface area (Å²) in [6.07, 6.45) is 0. The molecule has 0 spiro atoms. The van der Waals surface area contributed by atoms with Gasteiger partial charge < -0.3 is 10.6 Å². The number of carbonyl (C=O) groups is 2. The summed E-state index contributed by atoms with van der Waals surface area (Å²) >= 11 is -0.276. The lowest BCUT2D eigenvalue weighted by Gasteiger charge is -2.12. The van der Waals surface area contributed by atoms with Crippen LogP contribution in [-0.4, -0.2) is 31.0 Å². The lowest BCUT2D eigenvalue weighted by atomic mass is 10.3. The van der Waals surface area contributed by atoms with Crippen molar-refractivity contribution in [3.8, 4) is 0 Å². The normalized spacial score (nSPS) is 10.8. The zero-order valence-corrected chi connectivity index (χ0v) is 11.2. The predicted molar refractivity (Wildman–Crippen MR) is 69.4 cm³/mol. The van der Waals surface area contributed by atoms with Crippen LogP contribution >= 0.6 is 11.8 Å². The average molecular weight is 307 g/mol. The van der Waals surface area contributed by atoms with E-state index >= 15 is 0 Å². The van der Waals surface area contributed by atoms with Crippen LogP contribution in [0.3, 0.4) is 0 Å². The number of hydrogen-bond acceptors (Lipinski definition) is 4. The van der Waals surface area contributed by atoms with Crippen molar-refractivity contribution in [3.05, 3.63) is 24.3 Å². The van der Waals surface area contributed by atoms with Crippen LogP contribution in [0.1, 0.15) is 0 Å². The second-order valence-electron chi connectivity index (χ2n) is 3.52. The van der Waals surface area contributed by atoms with E-state index in [1.807, 2.05) is 5.32 Å². The highest BCUT2D eigenvalue weighted by molar-refractivity contribution is 8.00. The van der Waals surface area contributed by atoms with E-state index < -0.39 is 17.4 Å². The van der Waals surface area contributed by atoms with Gasteiger partial charge in [0.25, 0.3) is 0 Å². The molecule has 0 bridgehead atoms. The molecule has 0 aliphatic heterocycles. The highest BCUT2D eigenvalue weighted by atomic mass is 32.2. The Morgan fingerprint density at radius 2 is 1.90 bits per heavy atom. The monoisotopic (exact) mass is 307 g/mol. The Morgan fingerprint density at radius 1 is 1.25 bits per heavy atom. The fraction of sp³-hybridized carbons (Fsp3) is 0.273. The number of imide groups is 1. The van der Waals surface area contributed by atoms with Crippen molar-refractivity contribution in [2.24, 2.45) is 0 Å². The van der Waals surface area contributed by atoms with E-state index in [1.54, 1.807) is 6.07 Å². The van der Waals surface area contributed by atoms with Gasteiger partial charge in [0.15, 0.2) is 0 Å². The summed E-state index contributed by atoms with van der Waals surface area (Å²) in [4.78, 5) is 22.1. The van der Waals surface area contributed by atoms with Crippen molar-refractivity contribution >= 4 is 29.4 Å². The molecule has 0 saturated heterocycles. The van der Waals surface area contributed by atoms with E-state index in [2.05, 4.69) is 10.6 Å². The van der Waals surface area contributed by atoms with Crippen molar-refractivity contribution in [2.75, 3.05) is 18.9 Å². The lowest BCUT2D eigenvalue weighted by molar-refractivity contribution is -0.118. The number of para-hydroxylation sites is 1. The topological polar surface area (TPSA) is 70.2 Å². The molecule has 110 valence electrons. The average Bonchev–Trinajstić information content (AvgIpc) is 2.35. The quantitative estimate of drug-likeness (QED) is 0.746. The van der Waals surface area contributed by atoms with Gasteiger partial charge in [0.1, 0.15) is 0 Å². The van der Waals surface area contributed by atoms with Gasteiger partial charge in [-0.05, 0) is 23.9 Å². The SMILES string of the molecule is CNC(=O)NC(=O)CNc1ccccc1SC(F)(F)F. The number of urea groups is 1. The summed E-state index contributed by atoms with van der Waals surface area (Å²) < 4.78 is 37.0. The smallest absolute Gasteiger partial charge is 0.375 e. The van der Waals surface area contributed by atoms with Crippen LogP contribution in [0.2, 0.25) is 0 Å². The van der Waals surface area contributed by atoms with Crippen LogP contribution in [0.15, 0.2) is 29.2 Å². The molecule has 5 nitrogen and oxygen atoms in total. The Labute approximate surface area is 117 Å². The molecule has 1 aromatic carbocycles. The van der Waals surface area contributed by atoms with Crippen molar-refractivity contribution in [1.29, 1.82) is 0 Å². The first-order chi connectivity index (χ1) is 9.31. The van der Waals surface area contributed by atoms with E-state index in [0.29, 0.717) is 0 Å². The molecular formula is C11H12F3N3O2S. The molecule has 0 atom stereocenters. The Kier molecular flexibility index (Phi) is 5.68. The molecule has 3 N–H and O–H groups in total. The molecule has 9 heteroatoms. The zero-order chi connectivity index (χ0) is 15.2. The highest BCUT2D eigenvalue weighted by Gasteiger charge is 2.30. The molecule has 3 amide bonds. The first-order valence-electron chi connectivity index (χ1n) is 5.42. The van der Waals surface area contributed by atoms with E-state index in [-0.39, 0.29) is 28.9 Å². The molecule has 0 unspecified atom stereocenters. The van der Waals surface area contributed by atoms with Crippen molar-refractivity contribution in [3.63, 3.8) is 0 Å². The first kappa shape index (κ1) is 16.2. The number of alkyl halides is 3. The van der Waals surface area contributed by atoms with Gasteiger partial charge in [-0.25, -0.2) is 4.79 Å². The number of hydrogen-bond donors (Lipinski definition) is 3. The van der Waals surface area contributed by atoms with Crippen LogP contribution in [0, 0.1) is 0 Å². The summed E-state index contributed by atoms with van der Waals surface area (Å²) in [6.45, 7) is -0.317. The van der Waals surface area contributed by atoms with Gasteiger partial charge in [0.2, 0.25) is 5.91 Å². The van der Waals surface area contributed by atoms with Gasteiger partial charge in [-0.3, -0.25) is 10.1 Å². The van der Waals surface area contributed by atoms with Crippen LogP contribution in [0.4, 0.5) is 23.7 Å². The minimum absolute atomic E-state index is 0.0484. The number of thioether (sulfide) groups is 1. The van der Waals surface area contributed by atoms with Gasteiger partial charge in [-0.1, -0.05) is 12.1 Å². The van der Waals surface area contributed by atoms with Crippen LogP contribution in [-0.2, 0) is 4.79 Å². The third kappa shape index (κ3) is 5.83. The van der Waals surface area contributed by atoms with E-state index in [4.69, 9.17) is 0 Å². The first-order valence-corrected chi connectivity index (χ1v) is 6.23. The third-order valence-corrected chi connectivity index (χ3v) is 2.84. The number of carbonyl (C=O) groups excluding carboxylic acids is 2. The molecule has 20 heavy (non-hydrogen) atoms. The maximum absolute atomic E-state index is 12.3. The standard InChI is InChI=1S/C11H12F3N3O2S/c1-15-10(19)17-9(18)6-16-7-4-2-3-5-8(7)20-11(12,13)14/h2-5,16H,6H2,1H3,(H2,15,17,18,19). The van der Waals surface area contributed by atoms with Gasteiger partial charge >= 0.3 is 11.5 Å². The Balaban J connectivity index is 2.64. The molecule has 0 saturated carbocycles. The fourth-order valence-corrected chi connectivity index (χ4v) is 1.88. The number of benzene rings is 1. The fourth-order valence-electron chi connectivity index (χ4n) is 1.24. The van der Waals surface area contributed by atoms with Gasteiger partial charge in [-0.2, -0.15) is 13.2 Å². The highest BCUT2D eigenvalue weighted by Crippen LogP contribution is 2.40. The minimum Gasteiger partial charge on any atom is -0.375 e. The van der Waals surface area contributed by atoms with Crippen molar-refractivity contribution in [1.82, 2.24) is 10.6 Å². The summed E-state index contributed by atoms with van der Waals surface area (Å²) in [5, 5.41) is 6.72. The zero-order valence-electron chi connectivity index (χ0n) is 10.4. The van der Waals surface area contributed by atoms with E-state index in [9.17, 15) is 22.8 Å². The summed E-state index contributed by atoms with van der Waals surface area (Å²) in [6, 6.07) is 5.02. The Morgan fingerprint density at radius 3 is 2.50 bits per heavy atom. The van der Waals surface area contributed by atoms with Crippen molar-refractivity contribution in [2.45, 2.75) is 10.4 Å². The third-order valence-electron chi connectivity index (χ3n) is 2.03. The second-order valence-corrected chi connectivity index (χ2v) is 4.63. The summed E-state index contributed by atoms with van der Waals surface area (Å²) in [5.41, 5.74) is -4.25. The second kappa shape index (κ2) is 7.04. The summed E-state index contributed by atoms with van der Waals surface area (Å²) in [5.74, 6) is -0.656. The number of nitrogens with one attached hydrogen (secondary N) is 3. The Bertz CT molecular complexity index is 494. The van der Waals surface area contributed by atoms with Gasteiger partial charge in [0.05, 0.1) is 6.54 Å². The van der Waals surface area contributed by atoms with Gasteiger partial charge in [0, 0.05) is 17.6 Å².